The minimum absolute atomic E-state index is 0.141. The van der Waals surface area contributed by atoms with E-state index in [1.54, 1.807) is 18.6 Å². The van der Waals surface area contributed by atoms with Crippen molar-refractivity contribution in [2.75, 3.05) is 5.32 Å². The Bertz CT molecular complexity index is 1190. The maximum absolute atomic E-state index is 9.13. The highest BCUT2D eigenvalue weighted by Crippen LogP contribution is 2.41. The third-order valence-electron chi connectivity index (χ3n) is 5.19. The fourth-order valence-electron chi connectivity index (χ4n) is 3.52. The van der Waals surface area contributed by atoms with Crippen molar-refractivity contribution in [2.45, 2.75) is 25.3 Å². The number of rotatable bonds is 7. The summed E-state index contributed by atoms with van der Waals surface area (Å²) in [6, 6.07) is 12.1. The number of oxazole rings is 1. The number of nitrogens with zero attached hydrogens (tertiary/aromatic N) is 6. The number of hydrogen-bond acceptors (Lipinski definition) is 7. The molecule has 1 N–H and O–H groups in total. The average Bonchev–Trinajstić information content (AvgIpc) is 3.25. The zero-order valence-corrected chi connectivity index (χ0v) is 16.1. The van der Waals surface area contributed by atoms with Crippen LogP contribution in [0.15, 0.2) is 65.9 Å². The molecule has 5 rings (SSSR count). The van der Waals surface area contributed by atoms with Crippen molar-refractivity contribution in [2.24, 2.45) is 5.92 Å². The van der Waals surface area contributed by atoms with Crippen LogP contribution < -0.4 is 5.32 Å². The molecule has 3 heterocycles. The summed E-state index contributed by atoms with van der Waals surface area (Å²) in [6.07, 6.45) is 11.4. The number of nitrogens with one attached hydrogen (secondary N) is 1. The first-order chi connectivity index (χ1) is 14.8. The summed E-state index contributed by atoms with van der Waals surface area (Å²) in [5.74, 6) is 1.74. The quantitative estimate of drug-likeness (QED) is 0.485. The molecule has 3 aromatic heterocycles. The molecular formula is C22H19N7O. The van der Waals surface area contributed by atoms with E-state index in [0.29, 0.717) is 24.0 Å². The molecular weight excluding hydrogens is 378 g/mol. The van der Waals surface area contributed by atoms with Crippen LogP contribution in [0.25, 0.3) is 22.6 Å². The first kappa shape index (κ1) is 18.1. The number of nitriles is 1. The van der Waals surface area contributed by atoms with Crippen LogP contribution >= 0.6 is 0 Å². The fraction of sp³-hybridized carbons (Fsp3) is 0.227. The molecule has 4 aromatic rings. The van der Waals surface area contributed by atoms with Gasteiger partial charge in [0.25, 0.3) is 0 Å². The molecule has 8 nitrogen and oxygen atoms in total. The van der Waals surface area contributed by atoms with Gasteiger partial charge in [0.1, 0.15) is 0 Å². The second-order valence-corrected chi connectivity index (χ2v) is 7.31. The van der Waals surface area contributed by atoms with E-state index in [0.717, 1.165) is 35.3 Å². The minimum atomic E-state index is 0.141. The topological polar surface area (TPSA) is 105 Å². The molecule has 0 spiro atoms. The molecule has 1 fully saturated rings. The smallest absolute Gasteiger partial charge is 0.227 e. The normalized spacial score (nSPS) is 14.2. The number of benzene rings is 1. The van der Waals surface area contributed by atoms with Crippen LogP contribution in [0, 0.1) is 17.2 Å². The van der Waals surface area contributed by atoms with Gasteiger partial charge in [0.05, 0.1) is 36.6 Å². The van der Waals surface area contributed by atoms with Crippen molar-refractivity contribution < 1.29 is 4.42 Å². The predicted octanol–water partition coefficient (Wildman–Crippen LogP) is 4.60. The van der Waals surface area contributed by atoms with E-state index < -0.39 is 0 Å². The van der Waals surface area contributed by atoms with Crippen molar-refractivity contribution in [1.29, 1.82) is 5.26 Å². The molecule has 0 bridgehead atoms. The van der Waals surface area contributed by atoms with Gasteiger partial charge >= 0.3 is 0 Å². The average molecular weight is 397 g/mol. The van der Waals surface area contributed by atoms with Crippen LogP contribution in [0.2, 0.25) is 0 Å². The Morgan fingerprint density at radius 1 is 1.23 bits per heavy atom. The van der Waals surface area contributed by atoms with Crippen molar-refractivity contribution in [3.63, 3.8) is 0 Å². The van der Waals surface area contributed by atoms with Gasteiger partial charge in [0.2, 0.25) is 5.95 Å². The molecule has 0 saturated heterocycles. The van der Waals surface area contributed by atoms with Crippen molar-refractivity contribution in [1.82, 2.24) is 24.7 Å². The van der Waals surface area contributed by atoms with Gasteiger partial charge in [-0.15, -0.1) is 0 Å². The largest absolute Gasteiger partial charge is 0.444 e. The van der Waals surface area contributed by atoms with Gasteiger partial charge in [-0.05, 0) is 37.0 Å². The second-order valence-electron chi connectivity index (χ2n) is 7.31. The third kappa shape index (κ3) is 3.78. The maximum Gasteiger partial charge on any atom is 0.227 e. The standard InChI is InChI=1S/C22H19N7O/c23-8-6-20(15-4-5-15)29-13-17(11-26-29)19-7-9-25-22(28-19)27-18-3-1-2-16(10-18)21-12-24-14-30-21/h1-3,7,9-15,20H,4-6H2,(H,25,27,28). The van der Waals surface area contributed by atoms with E-state index in [9.17, 15) is 0 Å². The zero-order valence-electron chi connectivity index (χ0n) is 16.1. The van der Waals surface area contributed by atoms with Gasteiger partial charge in [-0.3, -0.25) is 4.68 Å². The van der Waals surface area contributed by atoms with E-state index in [1.807, 2.05) is 41.2 Å². The summed E-state index contributed by atoms with van der Waals surface area (Å²) < 4.78 is 7.27. The molecule has 1 aromatic carbocycles. The van der Waals surface area contributed by atoms with Crippen LogP contribution in [0.5, 0.6) is 0 Å². The van der Waals surface area contributed by atoms with Crippen LogP contribution in [0.4, 0.5) is 11.6 Å². The lowest BCUT2D eigenvalue weighted by Crippen LogP contribution is -2.10. The Hall–Kier alpha value is -3.99. The van der Waals surface area contributed by atoms with Gasteiger partial charge in [0.15, 0.2) is 12.2 Å². The molecule has 1 aliphatic carbocycles. The highest BCUT2D eigenvalue weighted by Gasteiger charge is 2.32. The molecule has 1 unspecified atom stereocenters. The minimum Gasteiger partial charge on any atom is -0.444 e. The van der Waals surface area contributed by atoms with E-state index in [-0.39, 0.29) is 6.04 Å². The molecule has 0 radical (unpaired) electrons. The van der Waals surface area contributed by atoms with E-state index in [4.69, 9.17) is 9.68 Å². The van der Waals surface area contributed by atoms with Crippen LogP contribution in [0.1, 0.15) is 25.3 Å². The first-order valence-corrected chi connectivity index (χ1v) is 9.80. The Labute approximate surface area is 173 Å². The summed E-state index contributed by atoms with van der Waals surface area (Å²) in [6.45, 7) is 0. The molecule has 0 aliphatic heterocycles. The van der Waals surface area contributed by atoms with Gasteiger partial charge in [-0.25, -0.2) is 15.0 Å². The molecule has 1 aliphatic rings. The van der Waals surface area contributed by atoms with Crippen molar-refractivity contribution in [3.8, 4) is 28.7 Å². The van der Waals surface area contributed by atoms with Gasteiger partial charge in [-0.1, -0.05) is 12.1 Å². The Morgan fingerprint density at radius 3 is 2.97 bits per heavy atom. The maximum atomic E-state index is 9.13. The Morgan fingerprint density at radius 2 is 2.17 bits per heavy atom. The molecule has 1 saturated carbocycles. The molecule has 0 amide bonds. The highest BCUT2D eigenvalue weighted by atomic mass is 16.3. The molecule has 8 heteroatoms. The zero-order chi connectivity index (χ0) is 20.3. The Balaban J connectivity index is 1.36. The van der Waals surface area contributed by atoms with Gasteiger partial charge < -0.3 is 9.73 Å². The van der Waals surface area contributed by atoms with E-state index >= 15 is 0 Å². The summed E-state index contributed by atoms with van der Waals surface area (Å²) in [5, 5.41) is 16.9. The van der Waals surface area contributed by atoms with E-state index in [2.05, 4.69) is 31.4 Å². The third-order valence-corrected chi connectivity index (χ3v) is 5.19. The summed E-state index contributed by atoms with van der Waals surface area (Å²) in [7, 11) is 0. The van der Waals surface area contributed by atoms with E-state index in [1.165, 1.54) is 6.39 Å². The lowest BCUT2D eigenvalue weighted by Gasteiger charge is -2.12. The first-order valence-electron chi connectivity index (χ1n) is 9.80. The van der Waals surface area contributed by atoms with Crippen molar-refractivity contribution >= 4 is 11.6 Å². The lowest BCUT2D eigenvalue weighted by atomic mass is 10.1. The number of hydrogen-bond donors (Lipinski definition) is 1. The number of anilines is 2. The fourth-order valence-corrected chi connectivity index (χ4v) is 3.52. The second kappa shape index (κ2) is 7.79. The summed E-state index contributed by atoms with van der Waals surface area (Å²) in [5.41, 5.74) is 3.44. The monoisotopic (exact) mass is 397 g/mol. The molecule has 1 atom stereocenters. The van der Waals surface area contributed by atoms with Gasteiger partial charge in [-0.2, -0.15) is 10.4 Å². The SMILES string of the molecule is N#CCC(C1CC1)n1cc(-c2ccnc(Nc3cccc(-c4cnco4)c3)n2)cn1. The van der Waals surface area contributed by atoms with Crippen LogP contribution in [-0.2, 0) is 0 Å². The lowest BCUT2D eigenvalue weighted by molar-refractivity contribution is 0.412. The highest BCUT2D eigenvalue weighted by molar-refractivity contribution is 5.66. The Kier molecular flexibility index (Phi) is 4.69. The molecule has 148 valence electrons. The summed E-state index contributed by atoms with van der Waals surface area (Å²) >= 11 is 0. The van der Waals surface area contributed by atoms with Crippen molar-refractivity contribution in [3.05, 3.63) is 61.5 Å². The molecule has 30 heavy (non-hydrogen) atoms. The van der Waals surface area contributed by atoms with Crippen LogP contribution in [0.3, 0.4) is 0 Å². The van der Waals surface area contributed by atoms with Gasteiger partial charge in [0, 0.05) is 29.2 Å². The van der Waals surface area contributed by atoms with Crippen LogP contribution in [-0.4, -0.2) is 24.7 Å². The predicted molar refractivity (Wildman–Crippen MR) is 110 cm³/mol. The summed E-state index contributed by atoms with van der Waals surface area (Å²) in [4.78, 5) is 12.9. The number of aromatic nitrogens is 5.